The summed E-state index contributed by atoms with van der Waals surface area (Å²) in [5.74, 6) is 1.15. The molecular weight excluding hydrogens is 180 g/mol. The fourth-order valence-electron chi connectivity index (χ4n) is 1.10. The van der Waals surface area contributed by atoms with Gasteiger partial charge in [0.15, 0.2) is 0 Å². The average molecular weight is 196 g/mol. The third-order valence-electron chi connectivity index (χ3n) is 1.79. The Bertz CT molecular complexity index is 226. The molecule has 1 atom stereocenters. The van der Waals surface area contributed by atoms with Crippen LogP contribution in [0.5, 0.6) is 0 Å². The van der Waals surface area contributed by atoms with Gasteiger partial charge in [-0.25, -0.2) is 0 Å². The van der Waals surface area contributed by atoms with E-state index in [2.05, 4.69) is 29.5 Å². The van der Waals surface area contributed by atoms with Gasteiger partial charge in [-0.05, 0) is 24.8 Å². The fourth-order valence-corrected chi connectivity index (χ4v) is 1.72. The molecule has 0 aliphatic carbocycles. The Morgan fingerprint density at radius 1 is 1.62 bits per heavy atom. The molecule has 1 unspecified atom stereocenters. The van der Waals surface area contributed by atoms with Gasteiger partial charge in [-0.3, -0.25) is 4.98 Å². The summed E-state index contributed by atoms with van der Waals surface area (Å²) in [6, 6.07) is 4.62. The second kappa shape index (κ2) is 6.00. The first-order chi connectivity index (χ1) is 6.33. The molecule has 13 heavy (non-hydrogen) atoms. The van der Waals surface area contributed by atoms with Crippen LogP contribution in [0.3, 0.4) is 0 Å². The molecule has 1 N–H and O–H groups in total. The van der Waals surface area contributed by atoms with Gasteiger partial charge in [-0.1, -0.05) is 6.07 Å². The number of hydrogen-bond acceptors (Lipinski definition) is 3. The van der Waals surface area contributed by atoms with E-state index in [0.717, 1.165) is 12.3 Å². The molecule has 0 aliphatic rings. The zero-order valence-electron chi connectivity index (χ0n) is 8.16. The van der Waals surface area contributed by atoms with E-state index < -0.39 is 0 Å². The summed E-state index contributed by atoms with van der Waals surface area (Å²) in [5.41, 5.74) is 1.25. The third kappa shape index (κ3) is 4.29. The fraction of sp³-hybridized carbons (Fsp3) is 0.500. The molecule has 2 nitrogen and oxygen atoms in total. The van der Waals surface area contributed by atoms with Gasteiger partial charge in [0.2, 0.25) is 0 Å². The zero-order valence-corrected chi connectivity index (χ0v) is 8.97. The highest BCUT2D eigenvalue weighted by Gasteiger charge is 1.99. The van der Waals surface area contributed by atoms with Gasteiger partial charge in [0.25, 0.3) is 0 Å². The Balaban J connectivity index is 2.27. The van der Waals surface area contributed by atoms with Crippen molar-refractivity contribution in [2.75, 3.05) is 12.0 Å². The van der Waals surface area contributed by atoms with Crippen molar-refractivity contribution < 1.29 is 0 Å². The largest absolute Gasteiger partial charge is 0.309 e. The van der Waals surface area contributed by atoms with Gasteiger partial charge in [0.05, 0.1) is 0 Å². The van der Waals surface area contributed by atoms with Crippen molar-refractivity contribution in [3.8, 4) is 0 Å². The van der Waals surface area contributed by atoms with Gasteiger partial charge in [0.1, 0.15) is 0 Å². The number of hydrogen-bond donors (Lipinski definition) is 1. The van der Waals surface area contributed by atoms with Crippen molar-refractivity contribution in [1.29, 1.82) is 0 Å². The topological polar surface area (TPSA) is 24.9 Å². The summed E-state index contributed by atoms with van der Waals surface area (Å²) in [4.78, 5) is 4.06. The van der Waals surface area contributed by atoms with Gasteiger partial charge in [-0.2, -0.15) is 11.8 Å². The van der Waals surface area contributed by atoms with E-state index in [0.29, 0.717) is 6.04 Å². The Hall–Kier alpha value is -0.540. The minimum Gasteiger partial charge on any atom is -0.309 e. The van der Waals surface area contributed by atoms with Crippen LogP contribution in [0.4, 0.5) is 0 Å². The summed E-state index contributed by atoms with van der Waals surface area (Å²) < 4.78 is 0. The molecule has 1 aromatic rings. The second-order valence-electron chi connectivity index (χ2n) is 3.10. The van der Waals surface area contributed by atoms with Crippen LogP contribution in [0.1, 0.15) is 12.5 Å². The van der Waals surface area contributed by atoms with E-state index in [9.17, 15) is 0 Å². The lowest BCUT2D eigenvalue weighted by Gasteiger charge is -2.11. The molecule has 1 rings (SSSR count). The van der Waals surface area contributed by atoms with Crippen LogP contribution in [-0.4, -0.2) is 23.0 Å². The second-order valence-corrected chi connectivity index (χ2v) is 4.01. The Kier molecular flexibility index (Phi) is 4.86. The summed E-state index contributed by atoms with van der Waals surface area (Å²) in [5, 5.41) is 3.44. The first-order valence-corrected chi connectivity index (χ1v) is 5.83. The van der Waals surface area contributed by atoms with Crippen LogP contribution in [-0.2, 0) is 6.54 Å². The molecule has 0 saturated carbocycles. The average Bonchev–Trinajstić information content (AvgIpc) is 2.17. The molecule has 1 aromatic heterocycles. The number of rotatable bonds is 5. The van der Waals surface area contributed by atoms with E-state index >= 15 is 0 Å². The molecule has 0 saturated heterocycles. The number of nitrogens with zero attached hydrogens (tertiary/aromatic N) is 1. The lowest BCUT2D eigenvalue weighted by Crippen LogP contribution is -2.27. The molecule has 3 heteroatoms. The maximum Gasteiger partial charge on any atom is 0.0312 e. The zero-order chi connectivity index (χ0) is 9.52. The maximum absolute atomic E-state index is 4.06. The summed E-state index contributed by atoms with van der Waals surface area (Å²) in [7, 11) is 0. The highest BCUT2D eigenvalue weighted by molar-refractivity contribution is 7.98. The van der Waals surface area contributed by atoms with E-state index in [1.165, 1.54) is 5.56 Å². The van der Waals surface area contributed by atoms with Crippen molar-refractivity contribution in [1.82, 2.24) is 10.3 Å². The van der Waals surface area contributed by atoms with Crippen LogP contribution in [0.2, 0.25) is 0 Å². The molecule has 0 amide bonds. The first kappa shape index (κ1) is 10.5. The SMILES string of the molecule is CSCC(C)NCc1cccnc1. The molecule has 0 aromatic carbocycles. The summed E-state index contributed by atoms with van der Waals surface area (Å²) >= 11 is 1.87. The predicted octanol–water partition coefficient (Wildman–Crippen LogP) is 1.92. The molecule has 0 spiro atoms. The lowest BCUT2D eigenvalue weighted by atomic mass is 10.2. The Labute approximate surface area is 84.1 Å². The number of nitrogens with one attached hydrogen (secondary N) is 1. The van der Waals surface area contributed by atoms with Crippen molar-refractivity contribution in [2.24, 2.45) is 0 Å². The van der Waals surface area contributed by atoms with Crippen molar-refractivity contribution in [3.05, 3.63) is 30.1 Å². The van der Waals surface area contributed by atoms with Crippen LogP contribution < -0.4 is 5.32 Å². The highest BCUT2D eigenvalue weighted by atomic mass is 32.2. The third-order valence-corrected chi connectivity index (χ3v) is 2.63. The van der Waals surface area contributed by atoms with Crippen molar-refractivity contribution >= 4 is 11.8 Å². The standard InChI is InChI=1S/C10H16N2S/c1-9(8-13-2)12-7-10-4-3-5-11-6-10/h3-6,9,12H,7-8H2,1-2H3. The summed E-state index contributed by atoms with van der Waals surface area (Å²) in [6.07, 6.45) is 5.83. The molecular formula is C10H16N2S. The van der Waals surface area contributed by atoms with Gasteiger partial charge >= 0.3 is 0 Å². The molecule has 0 fully saturated rings. The minimum atomic E-state index is 0.565. The van der Waals surface area contributed by atoms with Crippen LogP contribution >= 0.6 is 11.8 Å². The smallest absolute Gasteiger partial charge is 0.0312 e. The maximum atomic E-state index is 4.06. The van der Waals surface area contributed by atoms with Crippen LogP contribution in [0.25, 0.3) is 0 Å². The minimum absolute atomic E-state index is 0.565. The molecule has 0 aliphatic heterocycles. The molecule has 72 valence electrons. The van der Waals surface area contributed by atoms with Crippen molar-refractivity contribution in [3.63, 3.8) is 0 Å². The quantitative estimate of drug-likeness (QED) is 0.779. The van der Waals surface area contributed by atoms with Crippen LogP contribution in [0.15, 0.2) is 24.5 Å². The van der Waals surface area contributed by atoms with Gasteiger partial charge in [0, 0.05) is 30.7 Å². The number of thioether (sulfide) groups is 1. The monoisotopic (exact) mass is 196 g/mol. The Morgan fingerprint density at radius 2 is 2.46 bits per heavy atom. The molecule has 0 radical (unpaired) electrons. The van der Waals surface area contributed by atoms with Gasteiger partial charge in [-0.15, -0.1) is 0 Å². The van der Waals surface area contributed by atoms with E-state index in [1.54, 1.807) is 6.20 Å². The molecule has 0 bridgehead atoms. The highest BCUT2D eigenvalue weighted by Crippen LogP contribution is 1.99. The number of pyridine rings is 1. The summed E-state index contributed by atoms with van der Waals surface area (Å²) in [6.45, 7) is 3.11. The Morgan fingerprint density at radius 3 is 3.08 bits per heavy atom. The van der Waals surface area contributed by atoms with Crippen LogP contribution in [0, 0.1) is 0 Å². The van der Waals surface area contributed by atoms with Gasteiger partial charge < -0.3 is 5.32 Å². The van der Waals surface area contributed by atoms with E-state index in [4.69, 9.17) is 0 Å². The van der Waals surface area contributed by atoms with Crippen molar-refractivity contribution in [2.45, 2.75) is 19.5 Å². The predicted molar refractivity (Wildman–Crippen MR) is 58.9 cm³/mol. The normalized spacial score (nSPS) is 12.8. The van der Waals surface area contributed by atoms with E-state index in [1.807, 2.05) is 24.0 Å². The molecule has 1 heterocycles. The lowest BCUT2D eigenvalue weighted by molar-refractivity contribution is 0.595. The first-order valence-electron chi connectivity index (χ1n) is 4.44. The van der Waals surface area contributed by atoms with E-state index in [-0.39, 0.29) is 0 Å². The number of aromatic nitrogens is 1.